The van der Waals surface area contributed by atoms with Crippen molar-refractivity contribution in [2.45, 2.75) is 32.4 Å². The SMILES string of the molecule is CN1C[C@H](C(=O)N(C)Cc2ccccc2)[C@@]2(CCCN(Cc3cnn(C)c3)CC2)C1. The number of aromatic nitrogens is 2. The molecule has 1 amide bonds. The maximum atomic E-state index is 13.5. The zero-order valence-electron chi connectivity index (χ0n) is 18.6. The van der Waals surface area contributed by atoms with Crippen LogP contribution in [-0.2, 0) is 24.9 Å². The first-order valence-corrected chi connectivity index (χ1v) is 11.1. The summed E-state index contributed by atoms with van der Waals surface area (Å²) < 4.78 is 1.87. The van der Waals surface area contributed by atoms with E-state index in [4.69, 9.17) is 0 Å². The number of carbonyl (C=O) groups is 1. The lowest BCUT2D eigenvalue weighted by molar-refractivity contribution is -0.137. The quantitative estimate of drug-likeness (QED) is 0.762. The van der Waals surface area contributed by atoms with Gasteiger partial charge in [0.25, 0.3) is 0 Å². The minimum absolute atomic E-state index is 0.0922. The first-order valence-electron chi connectivity index (χ1n) is 11.1. The Labute approximate surface area is 180 Å². The number of hydrogen-bond acceptors (Lipinski definition) is 4. The van der Waals surface area contributed by atoms with Crippen molar-refractivity contribution >= 4 is 5.91 Å². The number of carbonyl (C=O) groups excluding carboxylic acids is 1. The van der Waals surface area contributed by atoms with Crippen LogP contribution in [0.1, 0.15) is 30.4 Å². The minimum Gasteiger partial charge on any atom is -0.341 e. The predicted octanol–water partition coefficient (Wildman–Crippen LogP) is 2.61. The summed E-state index contributed by atoms with van der Waals surface area (Å²) in [5.41, 5.74) is 2.56. The lowest BCUT2D eigenvalue weighted by Crippen LogP contribution is -2.42. The second-order valence-corrected chi connectivity index (χ2v) is 9.44. The largest absolute Gasteiger partial charge is 0.341 e. The van der Waals surface area contributed by atoms with E-state index in [9.17, 15) is 4.79 Å². The molecule has 4 rings (SSSR count). The predicted molar refractivity (Wildman–Crippen MR) is 119 cm³/mol. The van der Waals surface area contributed by atoms with Gasteiger partial charge in [-0.1, -0.05) is 30.3 Å². The van der Waals surface area contributed by atoms with Crippen LogP contribution >= 0.6 is 0 Å². The molecule has 0 radical (unpaired) electrons. The highest BCUT2D eigenvalue weighted by Crippen LogP contribution is 2.45. The Morgan fingerprint density at radius 2 is 1.97 bits per heavy atom. The third-order valence-corrected chi connectivity index (χ3v) is 6.99. The summed E-state index contributed by atoms with van der Waals surface area (Å²) in [5, 5.41) is 4.31. The van der Waals surface area contributed by atoms with E-state index in [1.165, 1.54) is 11.1 Å². The molecular weight excluding hydrogens is 374 g/mol. The van der Waals surface area contributed by atoms with Crippen molar-refractivity contribution in [1.82, 2.24) is 24.5 Å². The summed E-state index contributed by atoms with van der Waals surface area (Å²) in [7, 11) is 6.11. The van der Waals surface area contributed by atoms with Crippen molar-refractivity contribution in [2.75, 3.05) is 40.3 Å². The van der Waals surface area contributed by atoms with Gasteiger partial charge < -0.3 is 9.80 Å². The highest BCUT2D eigenvalue weighted by Gasteiger charge is 2.49. The molecule has 0 aliphatic carbocycles. The van der Waals surface area contributed by atoms with E-state index in [0.29, 0.717) is 12.5 Å². The lowest BCUT2D eigenvalue weighted by atomic mass is 9.72. The van der Waals surface area contributed by atoms with Crippen LogP contribution in [0.5, 0.6) is 0 Å². The molecular formula is C24H35N5O. The van der Waals surface area contributed by atoms with Gasteiger partial charge in [-0.05, 0) is 50.4 Å². The van der Waals surface area contributed by atoms with Crippen LogP contribution in [0.25, 0.3) is 0 Å². The Kier molecular flexibility index (Phi) is 6.25. The molecule has 2 aliphatic rings. The topological polar surface area (TPSA) is 44.6 Å². The van der Waals surface area contributed by atoms with Crippen LogP contribution in [-0.4, -0.2) is 70.7 Å². The molecule has 6 nitrogen and oxygen atoms in total. The Morgan fingerprint density at radius 1 is 1.17 bits per heavy atom. The smallest absolute Gasteiger partial charge is 0.227 e. The number of hydrogen-bond donors (Lipinski definition) is 0. The highest BCUT2D eigenvalue weighted by atomic mass is 16.2. The summed E-state index contributed by atoms with van der Waals surface area (Å²) in [5.74, 6) is 0.401. The fourth-order valence-electron chi connectivity index (χ4n) is 5.51. The first-order chi connectivity index (χ1) is 14.4. The molecule has 1 aromatic carbocycles. The van der Waals surface area contributed by atoms with E-state index in [0.717, 1.165) is 52.0 Å². The van der Waals surface area contributed by atoms with Crippen molar-refractivity contribution in [3.05, 3.63) is 53.9 Å². The number of nitrogens with zero attached hydrogens (tertiary/aromatic N) is 5. The molecule has 0 bridgehead atoms. The van der Waals surface area contributed by atoms with Gasteiger partial charge in [-0.15, -0.1) is 0 Å². The van der Waals surface area contributed by atoms with Gasteiger partial charge in [-0.2, -0.15) is 5.10 Å². The molecule has 2 aliphatic heterocycles. The molecule has 6 heteroatoms. The van der Waals surface area contributed by atoms with Crippen LogP contribution in [0.15, 0.2) is 42.7 Å². The standard InChI is InChI=1S/C24H35N5O/c1-26-18-22(23(30)27(2)15-20-8-5-4-6-9-20)24(19-26)10-7-12-29(13-11-24)17-21-14-25-28(3)16-21/h4-6,8-9,14,16,22H,7,10-13,15,17-19H2,1-3H3/t22-,24-/m1/s1. The molecule has 2 fully saturated rings. The minimum atomic E-state index is 0.0922. The van der Waals surface area contributed by atoms with Crippen molar-refractivity contribution in [3.8, 4) is 0 Å². The first kappa shape index (κ1) is 21.1. The van der Waals surface area contributed by atoms with Gasteiger partial charge in [0.15, 0.2) is 0 Å². The summed E-state index contributed by atoms with van der Waals surface area (Å²) in [6.45, 7) is 5.69. The third kappa shape index (κ3) is 4.60. The number of amides is 1. The Bertz CT molecular complexity index is 850. The van der Waals surface area contributed by atoms with Gasteiger partial charge >= 0.3 is 0 Å². The molecule has 0 unspecified atom stereocenters. The number of aryl methyl sites for hydroxylation is 1. The summed E-state index contributed by atoms with van der Waals surface area (Å²) in [6, 6.07) is 10.3. The van der Waals surface area contributed by atoms with E-state index < -0.39 is 0 Å². The summed E-state index contributed by atoms with van der Waals surface area (Å²) >= 11 is 0. The van der Waals surface area contributed by atoms with Crippen LogP contribution in [0.3, 0.4) is 0 Å². The number of benzene rings is 1. The highest BCUT2D eigenvalue weighted by molar-refractivity contribution is 5.80. The van der Waals surface area contributed by atoms with Crippen LogP contribution < -0.4 is 0 Å². The number of rotatable bonds is 5. The van der Waals surface area contributed by atoms with E-state index in [2.05, 4.69) is 40.3 Å². The molecule has 1 spiro atoms. The average Bonchev–Trinajstić information content (AvgIpc) is 3.21. The normalized spacial score (nSPS) is 25.5. The fourth-order valence-corrected chi connectivity index (χ4v) is 5.51. The Morgan fingerprint density at radius 3 is 2.70 bits per heavy atom. The molecule has 2 saturated heterocycles. The van der Waals surface area contributed by atoms with Crippen molar-refractivity contribution in [3.63, 3.8) is 0 Å². The molecule has 162 valence electrons. The molecule has 1 aromatic heterocycles. The van der Waals surface area contributed by atoms with Gasteiger partial charge in [0, 0.05) is 52.0 Å². The van der Waals surface area contributed by atoms with Crippen molar-refractivity contribution < 1.29 is 4.79 Å². The molecule has 0 saturated carbocycles. The van der Waals surface area contributed by atoms with Gasteiger partial charge in [0.1, 0.15) is 0 Å². The van der Waals surface area contributed by atoms with E-state index in [1.807, 2.05) is 48.1 Å². The Hall–Kier alpha value is -2.18. The van der Waals surface area contributed by atoms with Gasteiger partial charge in [0.2, 0.25) is 5.91 Å². The molecule has 2 atom stereocenters. The van der Waals surface area contributed by atoms with Crippen LogP contribution in [0.2, 0.25) is 0 Å². The molecule has 3 heterocycles. The van der Waals surface area contributed by atoms with Crippen LogP contribution in [0, 0.1) is 11.3 Å². The lowest BCUT2D eigenvalue weighted by Gasteiger charge is -2.35. The monoisotopic (exact) mass is 409 g/mol. The fraction of sp³-hybridized carbons (Fsp3) is 0.583. The van der Waals surface area contributed by atoms with Crippen LogP contribution in [0.4, 0.5) is 0 Å². The maximum absolute atomic E-state index is 13.5. The van der Waals surface area contributed by atoms with Gasteiger partial charge in [-0.3, -0.25) is 14.4 Å². The zero-order chi connectivity index (χ0) is 21.1. The van der Waals surface area contributed by atoms with E-state index >= 15 is 0 Å². The summed E-state index contributed by atoms with van der Waals surface area (Å²) in [4.78, 5) is 20.4. The second kappa shape index (κ2) is 8.90. The van der Waals surface area contributed by atoms with E-state index in [-0.39, 0.29) is 11.3 Å². The van der Waals surface area contributed by atoms with Crippen molar-refractivity contribution in [2.24, 2.45) is 18.4 Å². The molecule has 30 heavy (non-hydrogen) atoms. The number of likely N-dealkylation sites (tertiary alicyclic amines) is 2. The van der Waals surface area contributed by atoms with E-state index in [1.54, 1.807) is 0 Å². The average molecular weight is 410 g/mol. The summed E-state index contributed by atoms with van der Waals surface area (Å²) in [6.07, 6.45) is 7.45. The maximum Gasteiger partial charge on any atom is 0.227 e. The molecule has 0 N–H and O–H groups in total. The second-order valence-electron chi connectivity index (χ2n) is 9.44. The Balaban J connectivity index is 1.44. The van der Waals surface area contributed by atoms with Crippen molar-refractivity contribution in [1.29, 1.82) is 0 Å². The van der Waals surface area contributed by atoms with Gasteiger partial charge in [0.05, 0.1) is 12.1 Å². The third-order valence-electron chi connectivity index (χ3n) is 6.99. The van der Waals surface area contributed by atoms with Gasteiger partial charge in [-0.25, -0.2) is 0 Å². The zero-order valence-corrected chi connectivity index (χ0v) is 18.6. The molecule has 2 aromatic rings.